The highest BCUT2D eigenvalue weighted by atomic mass is 32.2. The molecule has 3 rings (SSSR count). The second-order valence-corrected chi connectivity index (χ2v) is 6.82. The molecule has 0 aliphatic rings. The van der Waals surface area contributed by atoms with Crippen LogP contribution in [0, 0.1) is 12.7 Å². The molecule has 0 saturated carbocycles. The Hall–Kier alpha value is -1.59. The van der Waals surface area contributed by atoms with Crippen LogP contribution in [-0.2, 0) is 5.75 Å². The summed E-state index contributed by atoms with van der Waals surface area (Å²) < 4.78 is 15.3. The fourth-order valence-electron chi connectivity index (χ4n) is 1.92. The lowest BCUT2D eigenvalue weighted by Gasteiger charge is -2.03. The molecule has 2 nitrogen and oxygen atoms in total. The van der Waals surface area contributed by atoms with Gasteiger partial charge in [-0.3, -0.25) is 0 Å². The summed E-state index contributed by atoms with van der Waals surface area (Å²) in [5.74, 6) is 0.530. The molecule has 0 bridgehead atoms. The predicted octanol–water partition coefficient (Wildman–Crippen LogP) is 4.62. The molecule has 0 spiro atoms. The molecule has 0 unspecified atom stereocenters. The summed E-state index contributed by atoms with van der Waals surface area (Å²) in [4.78, 5) is 4.55. The van der Waals surface area contributed by atoms with Crippen LogP contribution in [0.1, 0.15) is 11.1 Å². The first-order valence-corrected chi connectivity index (χ1v) is 7.96. The zero-order chi connectivity index (χ0) is 14.1. The van der Waals surface area contributed by atoms with E-state index in [1.165, 1.54) is 6.07 Å². The van der Waals surface area contributed by atoms with Crippen molar-refractivity contribution < 1.29 is 4.39 Å². The van der Waals surface area contributed by atoms with Crippen molar-refractivity contribution in [1.29, 1.82) is 0 Å². The van der Waals surface area contributed by atoms with E-state index >= 15 is 0 Å². The standard InChI is InChI=1S/C15H13FN2S2/c1-9-2-3-11(16)6-10(9)8-19-15-18-13-5-4-12(17)7-14(13)20-15/h2-7H,8,17H2,1H3. The molecule has 102 valence electrons. The van der Waals surface area contributed by atoms with Crippen LogP contribution < -0.4 is 5.73 Å². The van der Waals surface area contributed by atoms with Crippen LogP contribution in [0.4, 0.5) is 10.1 Å². The van der Waals surface area contributed by atoms with Gasteiger partial charge in [0.25, 0.3) is 0 Å². The molecule has 1 aromatic heterocycles. The zero-order valence-corrected chi connectivity index (χ0v) is 12.5. The van der Waals surface area contributed by atoms with Crippen molar-refractivity contribution in [3.63, 3.8) is 0 Å². The van der Waals surface area contributed by atoms with Crippen molar-refractivity contribution in [2.75, 3.05) is 5.73 Å². The lowest BCUT2D eigenvalue weighted by Crippen LogP contribution is -1.88. The number of aryl methyl sites for hydroxylation is 1. The number of halogens is 1. The molecule has 20 heavy (non-hydrogen) atoms. The van der Waals surface area contributed by atoms with E-state index in [0.717, 1.165) is 37.1 Å². The van der Waals surface area contributed by atoms with Crippen LogP contribution in [0.2, 0.25) is 0 Å². The SMILES string of the molecule is Cc1ccc(F)cc1CSc1nc2ccc(N)cc2s1. The van der Waals surface area contributed by atoms with Gasteiger partial charge >= 0.3 is 0 Å². The van der Waals surface area contributed by atoms with Gasteiger partial charge in [-0.2, -0.15) is 0 Å². The number of hydrogen-bond acceptors (Lipinski definition) is 4. The van der Waals surface area contributed by atoms with Crippen LogP contribution in [0.15, 0.2) is 40.7 Å². The fraction of sp³-hybridized carbons (Fsp3) is 0.133. The van der Waals surface area contributed by atoms with Crippen LogP contribution in [0.25, 0.3) is 10.2 Å². The van der Waals surface area contributed by atoms with Gasteiger partial charge in [-0.1, -0.05) is 17.8 Å². The molecule has 1 heterocycles. The third-order valence-electron chi connectivity index (χ3n) is 3.06. The summed E-state index contributed by atoms with van der Waals surface area (Å²) >= 11 is 3.25. The monoisotopic (exact) mass is 304 g/mol. The number of anilines is 1. The Morgan fingerprint density at radius 2 is 2.10 bits per heavy atom. The minimum atomic E-state index is -0.191. The summed E-state index contributed by atoms with van der Waals surface area (Å²) in [6.07, 6.45) is 0. The number of aromatic nitrogens is 1. The Morgan fingerprint density at radius 3 is 2.95 bits per heavy atom. The average Bonchev–Trinajstić information content (AvgIpc) is 2.81. The van der Waals surface area contributed by atoms with Gasteiger partial charge in [-0.15, -0.1) is 11.3 Å². The number of thiazole rings is 1. The summed E-state index contributed by atoms with van der Waals surface area (Å²) in [6.45, 7) is 1.99. The van der Waals surface area contributed by atoms with Gasteiger partial charge in [-0.05, 0) is 48.4 Å². The van der Waals surface area contributed by atoms with Crippen molar-refractivity contribution in [2.24, 2.45) is 0 Å². The zero-order valence-electron chi connectivity index (χ0n) is 10.9. The van der Waals surface area contributed by atoms with Gasteiger partial charge in [0.05, 0.1) is 10.2 Å². The second-order valence-electron chi connectivity index (χ2n) is 4.57. The number of nitrogen functional groups attached to an aromatic ring is 1. The summed E-state index contributed by atoms with van der Waals surface area (Å²) in [6, 6.07) is 10.6. The second kappa shape index (κ2) is 5.42. The van der Waals surface area contributed by atoms with Crippen LogP contribution in [-0.4, -0.2) is 4.98 Å². The Balaban J connectivity index is 1.81. The summed E-state index contributed by atoms with van der Waals surface area (Å²) in [5.41, 5.74) is 9.58. The molecule has 0 radical (unpaired) electrons. The number of hydrogen-bond donors (Lipinski definition) is 1. The molecule has 0 aliphatic heterocycles. The molecule has 3 aromatic rings. The van der Waals surface area contributed by atoms with Crippen molar-refractivity contribution >= 4 is 39.0 Å². The van der Waals surface area contributed by atoms with E-state index < -0.39 is 0 Å². The summed E-state index contributed by atoms with van der Waals surface area (Å²) in [7, 11) is 0. The largest absolute Gasteiger partial charge is 0.399 e. The Bertz CT molecular complexity index is 768. The Kier molecular flexibility index (Phi) is 3.63. The third-order valence-corrected chi connectivity index (χ3v) is 5.27. The maximum Gasteiger partial charge on any atom is 0.151 e. The normalized spacial score (nSPS) is 11.1. The van der Waals surface area contributed by atoms with E-state index in [2.05, 4.69) is 4.98 Å². The van der Waals surface area contributed by atoms with Gasteiger partial charge < -0.3 is 5.73 Å². The number of thioether (sulfide) groups is 1. The number of benzene rings is 2. The topological polar surface area (TPSA) is 38.9 Å². The van der Waals surface area contributed by atoms with E-state index in [1.54, 1.807) is 29.2 Å². The number of nitrogens with zero attached hydrogens (tertiary/aromatic N) is 1. The predicted molar refractivity (Wildman–Crippen MR) is 84.7 cm³/mol. The maximum atomic E-state index is 13.2. The first-order chi connectivity index (χ1) is 9.61. The highest BCUT2D eigenvalue weighted by Gasteiger charge is 2.07. The molecule has 0 atom stereocenters. The van der Waals surface area contributed by atoms with E-state index in [-0.39, 0.29) is 5.82 Å². The van der Waals surface area contributed by atoms with Gasteiger partial charge in [0.1, 0.15) is 5.82 Å². The van der Waals surface area contributed by atoms with E-state index in [9.17, 15) is 4.39 Å². The molecular weight excluding hydrogens is 291 g/mol. The van der Waals surface area contributed by atoms with Gasteiger partial charge in [0.2, 0.25) is 0 Å². The molecule has 2 N–H and O–H groups in total. The fourth-order valence-corrected chi connectivity index (χ4v) is 4.10. The van der Waals surface area contributed by atoms with Crippen molar-refractivity contribution in [3.8, 4) is 0 Å². The van der Waals surface area contributed by atoms with Crippen molar-refractivity contribution in [1.82, 2.24) is 4.98 Å². The number of nitrogens with two attached hydrogens (primary N) is 1. The van der Waals surface area contributed by atoms with Crippen LogP contribution in [0.5, 0.6) is 0 Å². The molecule has 0 saturated heterocycles. The third kappa shape index (κ3) is 2.78. The lowest BCUT2D eigenvalue weighted by atomic mass is 10.1. The molecule has 0 fully saturated rings. The van der Waals surface area contributed by atoms with E-state index in [0.29, 0.717) is 0 Å². The van der Waals surface area contributed by atoms with E-state index in [1.807, 2.05) is 31.2 Å². The number of fused-ring (bicyclic) bond motifs is 1. The van der Waals surface area contributed by atoms with Gasteiger partial charge in [0, 0.05) is 11.4 Å². The summed E-state index contributed by atoms with van der Waals surface area (Å²) in [5, 5.41) is 0. The van der Waals surface area contributed by atoms with Gasteiger partial charge in [-0.25, -0.2) is 9.37 Å². The Morgan fingerprint density at radius 1 is 1.25 bits per heavy atom. The molecular formula is C15H13FN2S2. The molecule has 2 aromatic carbocycles. The molecule has 0 aliphatic carbocycles. The first-order valence-electron chi connectivity index (χ1n) is 6.16. The minimum absolute atomic E-state index is 0.191. The van der Waals surface area contributed by atoms with Crippen molar-refractivity contribution in [3.05, 3.63) is 53.3 Å². The average molecular weight is 304 g/mol. The smallest absolute Gasteiger partial charge is 0.151 e. The maximum absolute atomic E-state index is 13.2. The molecule has 0 amide bonds. The Labute approximate surface area is 124 Å². The quantitative estimate of drug-likeness (QED) is 0.567. The highest BCUT2D eigenvalue weighted by Crippen LogP contribution is 2.33. The van der Waals surface area contributed by atoms with Crippen LogP contribution >= 0.6 is 23.1 Å². The molecule has 5 heteroatoms. The van der Waals surface area contributed by atoms with Gasteiger partial charge in [0.15, 0.2) is 4.34 Å². The lowest BCUT2D eigenvalue weighted by molar-refractivity contribution is 0.626. The van der Waals surface area contributed by atoms with E-state index in [4.69, 9.17) is 5.73 Å². The van der Waals surface area contributed by atoms with Crippen LogP contribution in [0.3, 0.4) is 0 Å². The van der Waals surface area contributed by atoms with Crippen molar-refractivity contribution in [2.45, 2.75) is 17.0 Å². The number of rotatable bonds is 3. The highest BCUT2D eigenvalue weighted by molar-refractivity contribution is 8.00. The minimum Gasteiger partial charge on any atom is -0.399 e. The first kappa shape index (κ1) is 13.4.